The van der Waals surface area contributed by atoms with E-state index in [2.05, 4.69) is 20.8 Å². The molecule has 0 unspecified atom stereocenters. The zero-order valence-corrected chi connectivity index (χ0v) is 14.8. The van der Waals surface area contributed by atoms with Crippen molar-refractivity contribution in [3.63, 3.8) is 0 Å². The zero-order valence-electron chi connectivity index (χ0n) is 14.8. The number of nitrogens with zero attached hydrogens (tertiary/aromatic N) is 4. The van der Waals surface area contributed by atoms with Crippen LogP contribution in [0.5, 0.6) is 5.75 Å². The lowest BCUT2D eigenvalue weighted by molar-refractivity contribution is 0.0955. The summed E-state index contributed by atoms with van der Waals surface area (Å²) in [6, 6.07) is 16.8. The Morgan fingerprint density at radius 1 is 1.19 bits per heavy atom. The molecule has 3 rings (SSSR count). The molecule has 27 heavy (non-hydrogen) atoms. The molecule has 7 nitrogen and oxygen atoms in total. The Hall–Kier alpha value is -3.74. The van der Waals surface area contributed by atoms with E-state index in [-0.39, 0.29) is 5.91 Å². The Labute approximate surface area is 157 Å². The number of allylic oxidation sites excluding steroid dienone is 1. The smallest absolute Gasteiger partial charge is 0.271 e. The van der Waals surface area contributed by atoms with Gasteiger partial charge in [0.2, 0.25) is 0 Å². The van der Waals surface area contributed by atoms with E-state index in [1.807, 2.05) is 36.5 Å². The largest absolute Gasteiger partial charge is 0.497 e. The fourth-order valence-electron chi connectivity index (χ4n) is 2.33. The van der Waals surface area contributed by atoms with Crippen molar-refractivity contribution < 1.29 is 9.53 Å². The van der Waals surface area contributed by atoms with Crippen LogP contribution < -0.4 is 10.2 Å². The van der Waals surface area contributed by atoms with Crippen molar-refractivity contribution in [3.8, 4) is 5.75 Å². The number of aromatic nitrogens is 3. The molecule has 0 saturated heterocycles. The quantitative estimate of drug-likeness (QED) is 0.518. The van der Waals surface area contributed by atoms with Gasteiger partial charge in [0, 0.05) is 11.8 Å². The molecule has 3 aromatic rings. The normalized spacial score (nSPS) is 11.1. The first kappa shape index (κ1) is 18.1. The van der Waals surface area contributed by atoms with E-state index in [0.717, 1.165) is 5.56 Å². The highest BCUT2D eigenvalue weighted by molar-refractivity contribution is 5.94. The van der Waals surface area contributed by atoms with Crippen LogP contribution in [0.2, 0.25) is 0 Å². The van der Waals surface area contributed by atoms with Crippen LogP contribution in [0.1, 0.15) is 21.6 Å². The molecule has 0 aliphatic carbocycles. The lowest BCUT2D eigenvalue weighted by atomic mass is 10.2. The summed E-state index contributed by atoms with van der Waals surface area (Å²) in [6.07, 6.45) is 6.77. The van der Waals surface area contributed by atoms with Crippen LogP contribution >= 0.6 is 0 Å². The Morgan fingerprint density at radius 2 is 1.96 bits per heavy atom. The van der Waals surface area contributed by atoms with E-state index < -0.39 is 0 Å². The summed E-state index contributed by atoms with van der Waals surface area (Å²) >= 11 is 0. The Kier molecular flexibility index (Phi) is 6.08. The number of hydrogen-bond acceptors (Lipinski definition) is 5. The van der Waals surface area contributed by atoms with Crippen molar-refractivity contribution in [1.29, 1.82) is 0 Å². The molecule has 0 atom stereocenters. The van der Waals surface area contributed by atoms with E-state index in [0.29, 0.717) is 23.6 Å². The molecule has 0 saturated carbocycles. The average molecular weight is 361 g/mol. The number of hydrazone groups is 1. The molecule has 0 fully saturated rings. The van der Waals surface area contributed by atoms with Crippen LogP contribution in [0.3, 0.4) is 0 Å². The maximum absolute atomic E-state index is 11.9. The first-order valence-electron chi connectivity index (χ1n) is 8.33. The summed E-state index contributed by atoms with van der Waals surface area (Å²) in [4.78, 5) is 11.9. The zero-order chi connectivity index (χ0) is 18.9. The highest BCUT2D eigenvalue weighted by atomic mass is 16.5. The van der Waals surface area contributed by atoms with Gasteiger partial charge in [-0.25, -0.2) is 10.1 Å². The summed E-state index contributed by atoms with van der Waals surface area (Å²) in [5.74, 6) is 0.398. The first-order chi connectivity index (χ1) is 13.2. The highest BCUT2D eigenvalue weighted by Crippen LogP contribution is 2.11. The van der Waals surface area contributed by atoms with Gasteiger partial charge in [-0.1, -0.05) is 35.5 Å². The molecule has 1 heterocycles. The number of carbonyl (C=O) groups is 1. The van der Waals surface area contributed by atoms with Gasteiger partial charge in [-0.3, -0.25) is 4.79 Å². The van der Waals surface area contributed by atoms with Crippen LogP contribution in [-0.2, 0) is 6.54 Å². The molecule has 0 aliphatic rings. The van der Waals surface area contributed by atoms with Gasteiger partial charge < -0.3 is 4.74 Å². The Morgan fingerprint density at radius 3 is 2.70 bits per heavy atom. The van der Waals surface area contributed by atoms with Crippen LogP contribution in [0.25, 0.3) is 6.08 Å². The van der Waals surface area contributed by atoms with Crippen LogP contribution in [0.15, 0.2) is 72.0 Å². The molecule has 1 aromatic heterocycles. The van der Waals surface area contributed by atoms with Gasteiger partial charge in [-0.05, 0) is 42.0 Å². The molecule has 0 radical (unpaired) electrons. The van der Waals surface area contributed by atoms with Crippen molar-refractivity contribution in [1.82, 2.24) is 20.4 Å². The van der Waals surface area contributed by atoms with Crippen molar-refractivity contribution in [3.05, 3.63) is 83.7 Å². The third kappa shape index (κ3) is 5.37. The summed E-state index contributed by atoms with van der Waals surface area (Å²) in [7, 11) is 1.58. The third-order valence-corrected chi connectivity index (χ3v) is 3.69. The molecular formula is C20H19N5O2. The monoisotopic (exact) mass is 361 g/mol. The Balaban J connectivity index is 1.49. The van der Waals surface area contributed by atoms with Crippen molar-refractivity contribution >= 4 is 18.2 Å². The predicted molar refractivity (Wildman–Crippen MR) is 104 cm³/mol. The molecule has 7 heteroatoms. The number of carbonyl (C=O) groups excluding carboxylic acids is 1. The van der Waals surface area contributed by atoms with Crippen molar-refractivity contribution in [2.24, 2.45) is 5.10 Å². The topological polar surface area (TPSA) is 81.4 Å². The standard InChI is InChI=1S/C20H19N5O2/c1-27-19-11-9-17(10-12-19)20(26)23-21-13-5-8-18-15-25(24-22-18)14-16-6-3-2-4-7-16/h2-13,15H,14H2,1H3,(H,23,26)/b8-5+,21-13-. The molecule has 2 aromatic carbocycles. The summed E-state index contributed by atoms with van der Waals surface area (Å²) in [5, 5.41) is 12.0. The molecular weight excluding hydrogens is 342 g/mol. The SMILES string of the molecule is COc1ccc(C(=O)N/N=C\C=C\c2cn(Cc3ccccc3)nn2)cc1. The van der Waals surface area contributed by atoms with Gasteiger partial charge in [0.05, 0.1) is 19.9 Å². The predicted octanol–water partition coefficient (Wildman–Crippen LogP) is 2.76. The molecule has 0 spiro atoms. The van der Waals surface area contributed by atoms with Crippen LogP contribution in [-0.4, -0.2) is 34.2 Å². The van der Waals surface area contributed by atoms with Crippen molar-refractivity contribution in [2.75, 3.05) is 7.11 Å². The minimum Gasteiger partial charge on any atom is -0.497 e. The second-order valence-electron chi connectivity index (χ2n) is 5.63. The number of methoxy groups -OCH3 is 1. The maximum Gasteiger partial charge on any atom is 0.271 e. The highest BCUT2D eigenvalue weighted by Gasteiger charge is 2.03. The second kappa shape index (κ2) is 9.10. The minimum atomic E-state index is -0.295. The van der Waals surface area contributed by atoms with Gasteiger partial charge >= 0.3 is 0 Å². The number of nitrogens with one attached hydrogen (secondary N) is 1. The number of rotatable bonds is 7. The van der Waals surface area contributed by atoms with E-state index in [4.69, 9.17) is 4.74 Å². The summed E-state index contributed by atoms with van der Waals surface area (Å²) < 4.78 is 6.82. The minimum absolute atomic E-state index is 0.295. The molecule has 0 bridgehead atoms. The fourth-order valence-corrected chi connectivity index (χ4v) is 2.33. The Bertz CT molecular complexity index is 931. The number of ether oxygens (including phenoxy) is 1. The molecule has 136 valence electrons. The average Bonchev–Trinajstić information content (AvgIpc) is 3.15. The van der Waals surface area contributed by atoms with E-state index >= 15 is 0 Å². The number of benzene rings is 2. The summed E-state index contributed by atoms with van der Waals surface area (Å²) in [6.45, 7) is 0.660. The number of hydrogen-bond donors (Lipinski definition) is 1. The third-order valence-electron chi connectivity index (χ3n) is 3.69. The van der Waals surface area contributed by atoms with E-state index in [1.165, 1.54) is 6.21 Å². The lowest BCUT2D eigenvalue weighted by Crippen LogP contribution is -2.17. The first-order valence-corrected chi connectivity index (χ1v) is 8.33. The number of amides is 1. The van der Waals surface area contributed by atoms with Gasteiger partial charge in [-0.2, -0.15) is 5.10 Å². The van der Waals surface area contributed by atoms with Gasteiger partial charge in [0.25, 0.3) is 5.91 Å². The maximum atomic E-state index is 11.9. The van der Waals surface area contributed by atoms with Gasteiger partial charge in [0.15, 0.2) is 0 Å². The molecule has 1 N–H and O–H groups in total. The fraction of sp³-hybridized carbons (Fsp3) is 0.100. The van der Waals surface area contributed by atoms with E-state index in [1.54, 1.807) is 48.2 Å². The summed E-state index contributed by atoms with van der Waals surface area (Å²) in [5.41, 5.74) is 4.82. The van der Waals surface area contributed by atoms with E-state index in [9.17, 15) is 4.79 Å². The van der Waals surface area contributed by atoms with Gasteiger partial charge in [-0.15, -0.1) is 5.10 Å². The lowest BCUT2D eigenvalue weighted by Gasteiger charge is -2.01. The van der Waals surface area contributed by atoms with Crippen LogP contribution in [0.4, 0.5) is 0 Å². The van der Waals surface area contributed by atoms with Crippen molar-refractivity contribution in [2.45, 2.75) is 6.54 Å². The second-order valence-corrected chi connectivity index (χ2v) is 5.63. The van der Waals surface area contributed by atoms with Gasteiger partial charge in [0.1, 0.15) is 11.4 Å². The molecule has 1 amide bonds. The van der Waals surface area contributed by atoms with Crippen LogP contribution in [0, 0.1) is 0 Å². The molecule has 0 aliphatic heterocycles.